The number of phenolic OH excluding ortho intramolecular Hbond substituents is 1. The number of rotatable bonds is 2. The molecule has 0 unspecified atom stereocenters. The topological polar surface area (TPSA) is 49.3 Å². The second-order valence-corrected chi connectivity index (χ2v) is 5.03. The molecule has 0 aliphatic rings. The normalized spacial score (nSPS) is 10.3. The van der Waals surface area contributed by atoms with Crippen LogP contribution in [0.5, 0.6) is 5.75 Å². The van der Waals surface area contributed by atoms with Crippen molar-refractivity contribution in [2.24, 2.45) is 0 Å². The Kier molecular flexibility index (Phi) is 4.07. The summed E-state index contributed by atoms with van der Waals surface area (Å²) in [5.41, 5.74) is 0.285. The second-order valence-electron chi connectivity index (χ2n) is 3.74. The first-order valence-corrected chi connectivity index (χ1v) is 6.39. The molecule has 0 bridgehead atoms. The summed E-state index contributed by atoms with van der Waals surface area (Å²) in [6, 6.07) is 8.02. The van der Waals surface area contributed by atoms with E-state index in [0.29, 0.717) is 9.50 Å². The van der Waals surface area contributed by atoms with E-state index in [2.05, 4.69) is 21.2 Å². The number of benzene rings is 2. The number of hydrogen-bond acceptors (Lipinski definition) is 2. The lowest BCUT2D eigenvalue weighted by molar-refractivity contribution is 0.102. The molecule has 2 aromatic carbocycles. The van der Waals surface area contributed by atoms with Crippen LogP contribution in [0.3, 0.4) is 0 Å². The van der Waals surface area contributed by atoms with Gasteiger partial charge in [0, 0.05) is 9.50 Å². The van der Waals surface area contributed by atoms with Crippen molar-refractivity contribution in [2.45, 2.75) is 0 Å². The summed E-state index contributed by atoms with van der Waals surface area (Å²) in [7, 11) is 0. The molecule has 0 saturated heterocycles. The first-order valence-electron chi connectivity index (χ1n) is 5.22. The molecule has 0 heterocycles. The Hall–Kier alpha value is -1.59. The zero-order valence-corrected chi connectivity index (χ0v) is 11.8. The Morgan fingerprint density at radius 1 is 1.26 bits per heavy atom. The average molecular weight is 345 g/mol. The molecular formula is C13H8BrClFNO2. The predicted octanol–water partition coefficient (Wildman–Crippen LogP) is 4.20. The first-order chi connectivity index (χ1) is 8.97. The quantitative estimate of drug-likeness (QED) is 0.858. The van der Waals surface area contributed by atoms with Crippen molar-refractivity contribution in [2.75, 3.05) is 5.32 Å². The minimum absolute atomic E-state index is 0.0173. The molecule has 6 heteroatoms. The monoisotopic (exact) mass is 343 g/mol. The maximum atomic E-state index is 13.1. The van der Waals surface area contributed by atoms with Gasteiger partial charge in [-0.2, -0.15) is 0 Å². The van der Waals surface area contributed by atoms with E-state index in [4.69, 9.17) is 11.6 Å². The fraction of sp³-hybridized carbons (Fsp3) is 0. The van der Waals surface area contributed by atoms with Gasteiger partial charge in [-0.15, -0.1) is 0 Å². The van der Waals surface area contributed by atoms with Gasteiger partial charge in [0.15, 0.2) is 0 Å². The fourth-order valence-corrected chi connectivity index (χ4v) is 1.99. The maximum absolute atomic E-state index is 13.1. The van der Waals surface area contributed by atoms with Crippen molar-refractivity contribution in [3.8, 4) is 5.75 Å². The maximum Gasteiger partial charge on any atom is 0.259 e. The number of nitrogens with one attached hydrogen (secondary N) is 1. The Morgan fingerprint density at radius 3 is 2.74 bits per heavy atom. The van der Waals surface area contributed by atoms with Crippen LogP contribution in [0.1, 0.15) is 10.4 Å². The Labute approximate surface area is 122 Å². The highest BCUT2D eigenvalue weighted by molar-refractivity contribution is 9.10. The third-order valence-corrected chi connectivity index (χ3v) is 3.31. The van der Waals surface area contributed by atoms with E-state index in [1.807, 2.05) is 0 Å². The van der Waals surface area contributed by atoms with Crippen LogP contribution in [0.15, 0.2) is 40.9 Å². The van der Waals surface area contributed by atoms with E-state index in [1.165, 1.54) is 36.4 Å². The molecule has 2 rings (SSSR count). The molecule has 0 spiro atoms. The molecule has 0 saturated carbocycles. The number of aromatic hydroxyl groups is 1. The summed E-state index contributed by atoms with van der Waals surface area (Å²) in [5.74, 6) is -1.26. The van der Waals surface area contributed by atoms with E-state index < -0.39 is 11.7 Å². The van der Waals surface area contributed by atoms with Crippen LogP contribution < -0.4 is 5.32 Å². The zero-order valence-electron chi connectivity index (χ0n) is 9.45. The van der Waals surface area contributed by atoms with Crippen LogP contribution >= 0.6 is 27.5 Å². The van der Waals surface area contributed by atoms with Gasteiger partial charge >= 0.3 is 0 Å². The Morgan fingerprint density at radius 2 is 2.00 bits per heavy atom. The average Bonchev–Trinajstić information content (AvgIpc) is 2.36. The number of hydrogen-bond donors (Lipinski definition) is 2. The summed E-state index contributed by atoms with van der Waals surface area (Å²) in [5, 5.41) is 12.4. The van der Waals surface area contributed by atoms with Crippen molar-refractivity contribution < 1.29 is 14.3 Å². The second kappa shape index (κ2) is 5.59. The SMILES string of the molecule is O=C(Nc1cc(F)ccc1Br)c1cc(Cl)ccc1O. The third kappa shape index (κ3) is 3.24. The van der Waals surface area contributed by atoms with E-state index in [-0.39, 0.29) is 17.0 Å². The molecule has 98 valence electrons. The highest BCUT2D eigenvalue weighted by Crippen LogP contribution is 2.26. The van der Waals surface area contributed by atoms with Gasteiger partial charge in [-0.25, -0.2) is 4.39 Å². The lowest BCUT2D eigenvalue weighted by Gasteiger charge is -2.09. The highest BCUT2D eigenvalue weighted by atomic mass is 79.9. The molecule has 0 aliphatic carbocycles. The molecule has 3 nitrogen and oxygen atoms in total. The minimum Gasteiger partial charge on any atom is -0.507 e. The minimum atomic E-state index is -0.577. The smallest absolute Gasteiger partial charge is 0.259 e. The van der Waals surface area contributed by atoms with Crippen LogP contribution in [0, 0.1) is 5.82 Å². The number of anilines is 1. The van der Waals surface area contributed by atoms with Gasteiger partial charge in [-0.3, -0.25) is 4.79 Å². The van der Waals surface area contributed by atoms with E-state index in [9.17, 15) is 14.3 Å². The highest BCUT2D eigenvalue weighted by Gasteiger charge is 2.13. The lowest BCUT2D eigenvalue weighted by Crippen LogP contribution is -2.12. The molecule has 2 aromatic rings. The number of carbonyl (C=O) groups excluding carboxylic acids is 1. The zero-order chi connectivity index (χ0) is 14.0. The molecule has 2 N–H and O–H groups in total. The summed E-state index contributed by atoms with van der Waals surface area (Å²) in [6.45, 7) is 0. The summed E-state index contributed by atoms with van der Waals surface area (Å²) in [4.78, 5) is 12.0. The molecular weight excluding hydrogens is 337 g/mol. The van der Waals surface area contributed by atoms with Crippen molar-refractivity contribution in [1.82, 2.24) is 0 Å². The number of amides is 1. The van der Waals surface area contributed by atoms with Gasteiger partial charge in [-0.1, -0.05) is 11.6 Å². The molecule has 0 fully saturated rings. The molecule has 0 radical (unpaired) electrons. The summed E-state index contributed by atoms with van der Waals surface area (Å²) < 4.78 is 13.6. The molecule has 19 heavy (non-hydrogen) atoms. The molecule has 0 atom stereocenters. The van der Waals surface area contributed by atoms with Gasteiger partial charge in [0.1, 0.15) is 11.6 Å². The van der Waals surface area contributed by atoms with Gasteiger partial charge in [0.05, 0.1) is 11.3 Å². The van der Waals surface area contributed by atoms with Crippen LogP contribution in [0.4, 0.5) is 10.1 Å². The van der Waals surface area contributed by atoms with Crippen LogP contribution in [-0.4, -0.2) is 11.0 Å². The number of carbonyl (C=O) groups is 1. The lowest BCUT2D eigenvalue weighted by atomic mass is 10.2. The van der Waals surface area contributed by atoms with Crippen LogP contribution in [0.2, 0.25) is 5.02 Å². The summed E-state index contributed by atoms with van der Waals surface area (Å²) >= 11 is 8.95. The van der Waals surface area contributed by atoms with E-state index >= 15 is 0 Å². The van der Waals surface area contributed by atoms with E-state index in [1.54, 1.807) is 0 Å². The summed E-state index contributed by atoms with van der Waals surface area (Å²) in [6.07, 6.45) is 0. The molecule has 1 amide bonds. The fourth-order valence-electron chi connectivity index (χ4n) is 1.47. The molecule has 0 aromatic heterocycles. The Balaban J connectivity index is 2.30. The van der Waals surface area contributed by atoms with Gasteiger partial charge in [0.2, 0.25) is 0 Å². The van der Waals surface area contributed by atoms with Gasteiger partial charge in [0.25, 0.3) is 5.91 Å². The predicted molar refractivity (Wildman–Crippen MR) is 75.2 cm³/mol. The van der Waals surface area contributed by atoms with Crippen molar-refractivity contribution in [3.05, 3.63) is 57.3 Å². The van der Waals surface area contributed by atoms with Crippen LogP contribution in [-0.2, 0) is 0 Å². The van der Waals surface area contributed by atoms with E-state index in [0.717, 1.165) is 0 Å². The number of phenols is 1. The first kappa shape index (κ1) is 13.8. The van der Waals surface area contributed by atoms with Crippen LogP contribution in [0.25, 0.3) is 0 Å². The van der Waals surface area contributed by atoms with Gasteiger partial charge < -0.3 is 10.4 Å². The van der Waals surface area contributed by atoms with Crippen molar-refractivity contribution >= 4 is 39.1 Å². The van der Waals surface area contributed by atoms with Gasteiger partial charge in [-0.05, 0) is 52.3 Å². The molecule has 0 aliphatic heterocycles. The van der Waals surface area contributed by atoms with Crippen molar-refractivity contribution in [3.63, 3.8) is 0 Å². The Bertz CT molecular complexity index is 649. The number of halogens is 3. The largest absolute Gasteiger partial charge is 0.507 e. The standard InChI is InChI=1S/C13H8BrClFNO2/c14-10-3-2-8(16)6-11(10)17-13(19)9-5-7(15)1-4-12(9)18/h1-6,18H,(H,17,19). The van der Waals surface area contributed by atoms with Crippen molar-refractivity contribution in [1.29, 1.82) is 0 Å². The third-order valence-electron chi connectivity index (χ3n) is 2.38.